The number of rotatable bonds is 35. The lowest BCUT2D eigenvalue weighted by atomic mass is 10.1. The Morgan fingerprint density at radius 1 is 0.521 bits per heavy atom. The molecule has 0 saturated carbocycles. The molecule has 1 fully saturated rings. The fraction of sp³-hybridized carbons (Fsp3) is 0.860. The molecule has 1 aliphatic heterocycles. The lowest BCUT2D eigenvalue weighted by molar-refractivity contribution is -0.160. The molecular weight excluding hydrogens is 594 g/mol. The molecule has 0 aliphatic carbocycles. The third kappa shape index (κ3) is 30.4. The van der Waals surface area contributed by atoms with Gasteiger partial charge in [-0.25, -0.2) is 0 Å². The van der Waals surface area contributed by atoms with Crippen LogP contribution in [0.5, 0.6) is 0 Å². The van der Waals surface area contributed by atoms with Gasteiger partial charge in [0.25, 0.3) is 0 Å². The van der Waals surface area contributed by atoms with Crippen LogP contribution in [-0.2, 0) is 19.1 Å². The summed E-state index contributed by atoms with van der Waals surface area (Å²) in [4.78, 5) is 27.4. The molecule has 0 amide bonds. The molecule has 0 N–H and O–H groups in total. The van der Waals surface area contributed by atoms with Gasteiger partial charge in [-0.15, -0.1) is 0 Å². The Labute approximate surface area is 298 Å². The van der Waals surface area contributed by atoms with Crippen LogP contribution in [0.25, 0.3) is 0 Å². The van der Waals surface area contributed by atoms with E-state index in [1.165, 1.54) is 154 Å². The summed E-state index contributed by atoms with van der Waals surface area (Å²) in [5.41, 5.74) is 0. The first kappa shape index (κ1) is 44.4. The highest BCUT2D eigenvalue weighted by molar-refractivity contribution is 5.70. The summed E-state index contributed by atoms with van der Waals surface area (Å²) >= 11 is 0. The third-order valence-electron chi connectivity index (χ3n) is 9.67. The standard InChI is InChI=1S/C43H79NO4/c1-3-5-7-9-11-13-15-17-19-21-23-25-27-29-31-35-42(45)47-40-41(39-44-37-33-34-38-44)48-43(46)36-32-30-28-26-24-22-20-18-16-14-12-10-8-6-4-2/h17-20,41H,3-16,21-40H2,1-2H3. The van der Waals surface area contributed by atoms with Crippen molar-refractivity contribution in [1.82, 2.24) is 4.90 Å². The van der Waals surface area contributed by atoms with Gasteiger partial charge in [-0.3, -0.25) is 14.5 Å². The summed E-state index contributed by atoms with van der Waals surface area (Å²) in [5.74, 6) is -0.308. The minimum Gasteiger partial charge on any atom is -0.462 e. The van der Waals surface area contributed by atoms with Crippen molar-refractivity contribution in [3.8, 4) is 0 Å². The zero-order valence-electron chi connectivity index (χ0n) is 32.0. The number of carbonyl (C=O) groups excluding carboxylic acids is 2. The molecule has 0 aromatic rings. The molecule has 1 unspecified atom stereocenters. The molecule has 5 heteroatoms. The maximum atomic E-state index is 12.6. The topological polar surface area (TPSA) is 55.8 Å². The number of hydrogen-bond donors (Lipinski definition) is 0. The number of carbonyl (C=O) groups is 2. The van der Waals surface area contributed by atoms with Crippen molar-refractivity contribution >= 4 is 11.9 Å². The van der Waals surface area contributed by atoms with Gasteiger partial charge in [-0.05, 0) is 90.1 Å². The largest absolute Gasteiger partial charge is 0.462 e. The van der Waals surface area contributed by atoms with Gasteiger partial charge in [-0.2, -0.15) is 0 Å². The average molecular weight is 674 g/mol. The van der Waals surface area contributed by atoms with E-state index in [1.54, 1.807) is 0 Å². The predicted octanol–water partition coefficient (Wildman–Crippen LogP) is 12.6. The van der Waals surface area contributed by atoms with Crippen molar-refractivity contribution in [2.24, 2.45) is 0 Å². The van der Waals surface area contributed by atoms with Crippen LogP contribution in [0.15, 0.2) is 24.3 Å². The van der Waals surface area contributed by atoms with Crippen molar-refractivity contribution in [3.63, 3.8) is 0 Å². The van der Waals surface area contributed by atoms with Crippen LogP contribution in [0.1, 0.15) is 206 Å². The monoisotopic (exact) mass is 674 g/mol. The van der Waals surface area contributed by atoms with Crippen molar-refractivity contribution in [1.29, 1.82) is 0 Å². The fourth-order valence-corrected chi connectivity index (χ4v) is 6.56. The highest BCUT2D eigenvalue weighted by Crippen LogP contribution is 2.14. The van der Waals surface area contributed by atoms with Gasteiger partial charge in [0.15, 0.2) is 0 Å². The number of nitrogens with zero attached hydrogens (tertiary/aromatic N) is 1. The number of likely N-dealkylation sites (tertiary alicyclic amines) is 1. The highest BCUT2D eigenvalue weighted by Gasteiger charge is 2.22. The lowest BCUT2D eigenvalue weighted by Crippen LogP contribution is -2.37. The lowest BCUT2D eigenvalue weighted by Gasteiger charge is -2.23. The second-order valence-electron chi connectivity index (χ2n) is 14.5. The molecule has 1 atom stereocenters. The Morgan fingerprint density at radius 3 is 1.33 bits per heavy atom. The number of ether oxygens (including phenoxy) is 2. The molecule has 0 aromatic carbocycles. The van der Waals surface area contributed by atoms with E-state index in [-0.39, 0.29) is 24.6 Å². The number of allylic oxidation sites excluding steroid dienone is 4. The summed E-state index contributed by atoms with van der Waals surface area (Å²) in [6.07, 6.45) is 44.7. The van der Waals surface area contributed by atoms with Crippen LogP contribution in [0, 0.1) is 0 Å². The van der Waals surface area contributed by atoms with Gasteiger partial charge in [0, 0.05) is 19.4 Å². The molecule has 280 valence electrons. The van der Waals surface area contributed by atoms with Crippen LogP contribution in [0.2, 0.25) is 0 Å². The van der Waals surface area contributed by atoms with E-state index in [4.69, 9.17) is 9.47 Å². The first-order valence-electron chi connectivity index (χ1n) is 21.0. The summed E-state index contributed by atoms with van der Waals surface area (Å²) in [6.45, 7) is 7.45. The predicted molar refractivity (Wildman–Crippen MR) is 205 cm³/mol. The molecule has 1 rings (SSSR count). The third-order valence-corrected chi connectivity index (χ3v) is 9.67. The van der Waals surface area contributed by atoms with Crippen LogP contribution in [0.4, 0.5) is 0 Å². The summed E-state index contributed by atoms with van der Waals surface area (Å²) in [7, 11) is 0. The normalized spacial score (nSPS) is 14.4. The minimum atomic E-state index is -0.364. The zero-order chi connectivity index (χ0) is 34.6. The highest BCUT2D eigenvalue weighted by atomic mass is 16.6. The van der Waals surface area contributed by atoms with Gasteiger partial charge in [0.1, 0.15) is 12.7 Å². The smallest absolute Gasteiger partial charge is 0.306 e. The molecule has 1 aliphatic rings. The SMILES string of the molecule is CCCCCCCCC=CCCCCCCCC(=O)OCC(CN1CCCC1)OC(=O)CCCCCCCC=CCCCCCCCC. The first-order valence-corrected chi connectivity index (χ1v) is 21.0. The Hall–Kier alpha value is -1.62. The van der Waals surface area contributed by atoms with Gasteiger partial charge >= 0.3 is 11.9 Å². The van der Waals surface area contributed by atoms with E-state index in [0.717, 1.165) is 38.8 Å². The minimum absolute atomic E-state index is 0.148. The fourth-order valence-electron chi connectivity index (χ4n) is 6.56. The van der Waals surface area contributed by atoms with E-state index < -0.39 is 0 Å². The second kappa shape index (κ2) is 35.2. The van der Waals surface area contributed by atoms with Crippen molar-refractivity contribution in [2.75, 3.05) is 26.2 Å². The summed E-state index contributed by atoms with van der Waals surface area (Å²) in [6, 6.07) is 0. The van der Waals surface area contributed by atoms with Crippen molar-refractivity contribution in [2.45, 2.75) is 213 Å². The number of hydrogen-bond acceptors (Lipinski definition) is 5. The summed E-state index contributed by atoms with van der Waals surface area (Å²) in [5, 5.41) is 0. The van der Waals surface area contributed by atoms with Gasteiger partial charge in [0.2, 0.25) is 0 Å². The average Bonchev–Trinajstić information content (AvgIpc) is 3.60. The van der Waals surface area contributed by atoms with Crippen molar-refractivity contribution in [3.05, 3.63) is 24.3 Å². The molecule has 0 spiro atoms. The van der Waals surface area contributed by atoms with E-state index >= 15 is 0 Å². The number of esters is 2. The molecule has 0 bridgehead atoms. The van der Waals surface area contributed by atoms with Crippen LogP contribution in [0.3, 0.4) is 0 Å². The quantitative estimate of drug-likeness (QED) is 0.0381. The Bertz CT molecular complexity index is 773. The van der Waals surface area contributed by atoms with Crippen LogP contribution in [-0.4, -0.2) is 49.2 Å². The van der Waals surface area contributed by atoms with E-state index in [0.29, 0.717) is 19.4 Å². The molecule has 1 heterocycles. The summed E-state index contributed by atoms with van der Waals surface area (Å²) < 4.78 is 11.4. The zero-order valence-corrected chi connectivity index (χ0v) is 32.0. The molecule has 48 heavy (non-hydrogen) atoms. The molecule has 0 radical (unpaired) electrons. The number of unbranched alkanes of at least 4 members (excludes halogenated alkanes) is 22. The maximum Gasteiger partial charge on any atom is 0.306 e. The maximum absolute atomic E-state index is 12.6. The molecular formula is C43H79NO4. The Morgan fingerprint density at radius 2 is 0.896 bits per heavy atom. The Kier molecular flexibility index (Phi) is 32.6. The molecule has 1 saturated heterocycles. The van der Waals surface area contributed by atoms with E-state index in [9.17, 15) is 9.59 Å². The van der Waals surface area contributed by atoms with Crippen molar-refractivity contribution < 1.29 is 19.1 Å². The van der Waals surface area contributed by atoms with Crippen LogP contribution >= 0.6 is 0 Å². The second-order valence-corrected chi connectivity index (χ2v) is 14.5. The van der Waals surface area contributed by atoms with Gasteiger partial charge < -0.3 is 9.47 Å². The first-order chi connectivity index (χ1) is 23.7. The van der Waals surface area contributed by atoms with E-state index in [2.05, 4.69) is 43.1 Å². The van der Waals surface area contributed by atoms with E-state index in [1.807, 2.05) is 0 Å². The molecule has 5 nitrogen and oxygen atoms in total. The van der Waals surface area contributed by atoms with Crippen LogP contribution < -0.4 is 0 Å². The van der Waals surface area contributed by atoms with Gasteiger partial charge in [-0.1, -0.05) is 141 Å². The Balaban J connectivity index is 2.07. The van der Waals surface area contributed by atoms with Gasteiger partial charge in [0.05, 0.1) is 0 Å². The molecule has 0 aromatic heterocycles.